The SMILES string of the molecule is COC(C)(CN)c1ccc2c(c1)OCCO2. The Morgan fingerprint density at radius 2 is 2.00 bits per heavy atom. The Morgan fingerprint density at radius 3 is 2.62 bits per heavy atom. The molecule has 0 amide bonds. The van der Waals surface area contributed by atoms with Crippen LogP contribution in [0, 0.1) is 0 Å². The van der Waals surface area contributed by atoms with Crippen molar-refractivity contribution < 1.29 is 14.2 Å². The van der Waals surface area contributed by atoms with E-state index in [4.69, 9.17) is 19.9 Å². The number of ether oxygens (including phenoxy) is 3. The minimum atomic E-state index is -0.476. The first kappa shape index (κ1) is 11.2. The predicted molar refractivity (Wildman–Crippen MR) is 60.8 cm³/mol. The summed E-state index contributed by atoms with van der Waals surface area (Å²) < 4.78 is 16.4. The number of hydrogen-bond acceptors (Lipinski definition) is 4. The molecule has 0 saturated heterocycles. The van der Waals surface area contributed by atoms with E-state index < -0.39 is 5.60 Å². The molecule has 1 aliphatic heterocycles. The molecule has 88 valence electrons. The molecule has 0 aromatic heterocycles. The average molecular weight is 223 g/mol. The van der Waals surface area contributed by atoms with Gasteiger partial charge in [0.05, 0.1) is 0 Å². The number of nitrogens with two attached hydrogens (primary N) is 1. The van der Waals surface area contributed by atoms with E-state index in [9.17, 15) is 0 Å². The number of fused-ring (bicyclic) bond motifs is 1. The minimum absolute atomic E-state index is 0.420. The van der Waals surface area contributed by atoms with Gasteiger partial charge in [0.15, 0.2) is 11.5 Å². The van der Waals surface area contributed by atoms with Crippen LogP contribution in [0.25, 0.3) is 0 Å². The summed E-state index contributed by atoms with van der Waals surface area (Å²) >= 11 is 0. The zero-order chi connectivity index (χ0) is 11.6. The molecule has 0 fully saturated rings. The molecule has 0 saturated carbocycles. The largest absolute Gasteiger partial charge is 0.486 e. The third-order valence-electron chi connectivity index (χ3n) is 2.99. The van der Waals surface area contributed by atoms with E-state index in [1.54, 1.807) is 7.11 Å². The van der Waals surface area contributed by atoms with Gasteiger partial charge in [-0.25, -0.2) is 0 Å². The smallest absolute Gasteiger partial charge is 0.161 e. The third kappa shape index (κ3) is 1.86. The Morgan fingerprint density at radius 1 is 1.31 bits per heavy atom. The molecule has 1 aromatic rings. The van der Waals surface area contributed by atoms with Crippen molar-refractivity contribution in [1.82, 2.24) is 0 Å². The van der Waals surface area contributed by atoms with Crippen LogP contribution in [-0.2, 0) is 10.3 Å². The highest BCUT2D eigenvalue weighted by Gasteiger charge is 2.26. The number of hydrogen-bond donors (Lipinski definition) is 1. The quantitative estimate of drug-likeness (QED) is 0.838. The van der Waals surface area contributed by atoms with Gasteiger partial charge in [-0.15, -0.1) is 0 Å². The highest BCUT2D eigenvalue weighted by atomic mass is 16.6. The van der Waals surface area contributed by atoms with Gasteiger partial charge in [-0.3, -0.25) is 0 Å². The minimum Gasteiger partial charge on any atom is -0.486 e. The summed E-state index contributed by atoms with van der Waals surface area (Å²) in [5.74, 6) is 1.55. The zero-order valence-electron chi connectivity index (χ0n) is 9.66. The van der Waals surface area contributed by atoms with Crippen molar-refractivity contribution in [2.75, 3.05) is 26.9 Å². The van der Waals surface area contributed by atoms with Crippen LogP contribution in [0.15, 0.2) is 18.2 Å². The molecule has 0 aliphatic carbocycles. The van der Waals surface area contributed by atoms with Crippen LogP contribution < -0.4 is 15.2 Å². The summed E-state index contributed by atoms with van der Waals surface area (Å²) in [7, 11) is 1.66. The first-order valence-electron chi connectivity index (χ1n) is 5.35. The number of benzene rings is 1. The number of rotatable bonds is 3. The predicted octanol–water partition coefficient (Wildman–Crippen LogP) is 1.28. The van der Waals surface area contributed by atoms with Crippen LogP contribution in [0.3, 0.4) is 0 Å². The second-order valence-electron chi connectivity index (χ2n) is 4.00. The molecule has 0 radical (unpaired) electrons. The van der Waals surface area contributed by atoms with Crippen LogP contribution in [-0.4, -0.2) is 26.9 Å². The molecular formula is C12H17NO3. The van der Waals surface area contributed by atoms with E-state index in [0.29, 0.717) is 19.8 Å². The highest BCUT2D eigenvalue weighted by Crippen LogP contribution is 2.35. The van der Waals surface area contributed by atoms with Gasteiger partial charge in [0, 0.05) is 13.7 Å². The Kier molecular flexibility index (Phi) is 3.03. The highest BCUT2D eigenvalue weighted by molar-refractivity contribution is 5.45. The Bertz CT molecular complexity index is 375. The van der Waals surface area contributed by atoms with E-state index >= 15 is 0 Å². The van der Waals surface area contributed by atoms with Gasteiger partial charge in [-0.1, -0.05) is 6.07 Å². The van der Waals surface area contributed by atoms with Crippen LogP contribution in [0.5, 0.6) is 11.5 Å². The summed E-state index contributed by atoms with van der Waals surface area (Å²) in [5.41, 5.74) is 6.25. The second-order valence-corrected chi connectivity index (χ2v) is 4.00. The third-order valence-corrected chi connectivity index (χ3v) is 2.99. The molecular weight excluding hydrogens is 206 g/mol. The van der Waals surface area contributed by atoms with Gasteiger partial charge in [0.2, 0.25) is 0 Å². The molecule has 4 nitrogen and oxygen atoms in total. The fourth-order valence-corrected chi connectivity index (χ4v) is 1.69. The molecule has 1 aliphatic rings. The molecule has 4 heteroatoms. The van der Waals surface area contributed by atoms with E-state index in [-0.39, 0.29) is 0 Å². The maximum Gasteiger partial charge on any atom is 0.161 e. The summed E-state index contributed by atoms with van der Waals surface area (Å²) in [6, 6.07) is 5.80. The van der Waals surface area contributed by atoms with Crippen molar-refractivity contribution in [1.29, 1.82) is 0 Å². The van der Waals surface area contributed by atoms with Crippen molar-refractivity contribution in [2.24, 2.45) is 5.73 Å². The lowest BCUT2D eigenvalue weighted by molar-refractivity contribution is 0.00967. The van der Waals surface area contributed by atoms with Crippen LogP contribution in [0.2, 0.25) is 0 Å². The van der Waals surface area contributed by atoms with E-state index in [2.05, 4.69) is 0 Å². The van der Waals surface area contributed by atoms with E-state index in [1.807, 2.05) is 25.1 Å². The van der Waals surface area contributed by atoms with E-state index in [1.165, 1.54) is 0 Å². The van der Waals surface area contributed by atoms with Gasteiger partial charge in [0.25, 0.3) is 0 Å². The first-order valence-corrected chi connectivity index (χ1v) is 5.35. The Balaban J connectivity index is 2.36. The zero-order valence-corrected chi connectivity index (χ0v) is 9.66. The molecule has 2 rings (SSSR count). The molecule has 1 aromatic carbocycles. The lowest BCUT2D eigenvalue weighted by Gasteiger charge is -2.28. The van der Waals surface area contributed by atoms with Crippen molar-refractivity contribution in [3.63, 3.8) is 0 Å². The topological polar surface area (TPSA) is 53.7 Å². The van der Waals surface area contributed by atoms with Gasteiger partial charge >= 0.3 is 0 Å². The standard InChI is InChI=1S/C12H17NO3/c1-12(8-13,14-2)9-3-4-10-11(7-9)16-6-5-15-10/h3-4,7H,5-6,8,13H2,1-2H3. The molecule has 0 spiro atoms. The second kappa shape index (κ2) is 4.31. The maximum absolute atomic E-state index is 5.73. The molecule has 1 atom stereocenters. The van der Waals surface area contributed by atoms with Gasteiger partial charge in [-0.05, 0) is 24.6 Å². The van der Waals surface area contributed by atoms with Crippen molar-refractivity contribution >= 4 is 0 Å². The lowest BCUT2D eigenvalue weighted by Crippen LogP contribution is -2.33. The van der Waals surface area contributed by atoms with E-state index in [0.717, 1.165) is 17.1 Å². The van der Waals surface area contributed by atoms with Crippen molar-refractivity contribution in [3.8, 4) is 11.5 Å². The Hall–Kier alpha value is -1.26. The van der Waals surface area contributed by atoms with Gasteiger partial charge in [0.1, 0.15) is 18.8 Å². The normalized spacial score (nSPS) is 17.9. The van der Waals surface area contributed by atoms with Crippen LogP contribution in [0.4, 0.5) is 0 Å². The summed E-state index contributed by atoms with van der Waals surface area (Å²) in [6.07, 6.45) is 0. The summed E-state index contributed by atoms with van der Waals surface area (Å²) in [6.45, 7) is 3.56. The van der Waals surface area contributed by atoms with Crippen LogP contribution >= 0.6 is 0 Å². The maximum atomic E-state index is 5.73. The van der Waals surface area contributed by atoms with Gasteiger partial charge < -0.3 is 19.9 Å². The first-order chi connectivity index (χ1) is 7.69. The summed E-state index contributed by atoms with van der Waals surface area (Å²) in [4.78, 5) is 0. The monoisotopic (exact) mass is 223 g/mol. The fourth-order valence-electron chi connectivity index (χ4n) is 1.69. The number of methoxy groups -OCH3 is 1. The molecule has 1 heterocycles. The summed E-state index contributed by atoms with van der Waals surface area (Å²) in [5, 5.41) is 0. The molecule has 1 unspecified atom stereocenters. The fraction of sp³-hybridized carbons (Fsp3) is 0.500. The Labute approximate surface area is 95.3 Å². The molecule has 16 heavy (non-hydrogen) atoms. The molecule has 0 bridgehead atoms. The molecule has 2 N–H and O–H groups in total. The average Bonchev–Trinajstić information content (AvgIpc) is 2.37. The van der Waals surface area contributed by atoms with Crippen LogP contribution in [0.1, 0.15) is 12.5 Å². The van der Waals surface area contributed by atoms with Crippen molar-refractivity contribution in [3.05, 3.63) is 23.8 Å². The van der Waals surface area contributed by atoms with Gasteiger partial charge in [-0.2, -0.15) is 0 Å². The lowest BCUT2D eigenvalue weighted by atomic mass is 9.95. The van der Waals surface area contributed by atoms with Crippen molar-refractivity contribution in [2.45, 2.75) is 12.5 Å².